The SMILES string of the molecule is Cc1cccc(Oc2cc(C)c(F)cc2N)c1. The van der Waals surface area contributed by atoms with Crippen molar-refractivity contribution in [2.45, 2.75) is 13.8 Å². The molecule has 2 aromatic carbocycles. The van der Waals surface area contributed by atoms with Gasteiger partial charge in [-0.2, -0.15) is 0 Å². The first-order chi connectivity index (χ1) is 8.06. The normalized spacial score (nSPS) is 10.3. The maximum atomic E-state index is 13.2. The van der Waals surface area contributed by atoms with Crippen molar-refractivity contribution in [2.75, 3.05) is 5.73 Å². The van der Waals surface area contributed by atoms with E-state index < -0.39 is 0 Å². The lowest BCUT2D eigenvalue weighted by atomic mass is 10.2. The maximum absolute atomic E-state index is 13.2. The Kier molecular flexibility index (Phi) is 3.00. The van der Waals surface area contributed by atoms with Gasteiger partial charge >= 0.3 is 0 Å². The van der Waals surface area contributed by atoms with Crippen LogP contribution in [0.2, 0.25) is 0 Å². The van der Waals surface area contributed by atoms with Crippen LogP contribution in [0.15, 0.2) is 36.4 Å². The minimum Gasteiger partial charge on any atom is -0.455 e. The Bertz CT molecular complexity index is 552. The van der Waals surface area contributed by atoms with Crippen LogP contribution >= 0.6 is 0 Å². The molecule has 0 aromatic heterocycles. The number of ether oxygens (including phenoxy) is 1. The Balaban J connectivity index is 2.33. The van der Waals surface area contributed by atoms with Crippen molar-refractivity contribution < 1.29 is 9.13 Å². The topological polar surface area (TPSA) is 35.2 Å². The van der Waals surface area contributed by atoms with Gasteiger partial charge in [0.2, 0.25) is 0 Å². The third-order valence-electron chi connectivity index (χ3n) is 2.51. The Morgan fingerprint density at radius 1 is 1.12 bits per heavy atom. The number of rotatable bonds is 2. The van der Waals surface area contributed by atoms with E-state index in [2.05, 4.69) is 0 Å². The summed E-state index contributed by atoms with van der Waals surface area (Å²) in [7, 11) is 0. The molecule has 0 amide bonds. The second kappa shape index (κ2) is 4.45. The first-order valence-electron chi connectivity index (χ1n) is 5.36. The number of nitrogen functional groups attached to an aromatic ring is 1. The molecular formula is C14H14FNO. The van der Waals surface area contributed by atoms with Gasteiger partial charge in [-0.3, -0.25) is 0 Å². The van der Waals surface area contributed by atoms with E-state index in [4.69, 9.17) is 10.5 Å². The molecule has 0 atom stereocenters. The minimum atomic E-state index is -0.320. The van der Waals surface area contributed by atoms with E-state index >= 15 is 0 Å². The van der Waals surface area contributed by atoms with Crippen LogP contribution in [-0.4, -0.2) is 0 Å². The van der Waals surface area contributed by atoms with Gasteiger partial charge in [-0.25, -0.2) is 4.39 Å². The maximum Gasteiger partial charge on any atom is 0.150 e. The number of hydrogen-bond donors (Lipinski definition) is 1. The number of nitrogens with two attached hydrogens (primary N) is 1. The van der Waals surface area contributed by atoms with E-state index in [9.17, 15) is 4.39 Å². The molecule has 0 bridgehead atoms. The summed E-state index contributed by atoms with van der Waals surface area (Å²) in [5.74, 6) is 0.858. The van der Waals surface area contributed by atoms with Gasteiger partial charge in [0.05, 0.1) is 5.69 Å². The Morgan fingerprint density at radius 3 is 2.59 bits per heavy atom. The van der Waals surface area contributed by atoms with Crippen molar-refractivity contribution in [3.05, 3.63) is 53.3 Å². The summed E-state index contributed by atoms with van der Waals surface area (Å²) >= 11 is 0. The second-order valence-electron chi connectivity index (χ2n) is 4.06. The molecule has 0 saturated carbocycles. The zero-order valence-corrected chi connectivity index (χ0v) is 9.83. The van der Waals surface area contributed by atoms with Crippen LogP contribution in [0.3, 0.4) is 0 Å². The number of hydrogen-bond acceptors (Lipinski definition) is 2. The first-order valence-corrected chi connectivity index (χ1v) is 5.36. The highest BCUT2D eigenvalue weighted by Gasteiger charge is 2.07. The highest BCUT2D eigenvalue weighted by Crippen LogP contribution is 2.30. The van der Waals surface area contributed by atoms with Crippen LogP contribution in [0.5, 0.6) is 11.5 Å². The molecule has 2 aromatic rings. The fourth-order valence-electron chi connectivity index (χ4n) is 1.56. The average Bonchev–Trinajstić information content (AvgIpc) is 2.26. The highest BCUT2D eigenvalue weighted by molar-refractivity contribution is 5.55. The van der Waals surface area contributed by atoms with Gasteiger partial charge < -0.3 is 10.5 Å². The number of benzene rings is 2. The largest absolute Gasteiger partial charge is 0.455 e. The fourth-order valence-corrected chi connectivity index (χ4v) is 1.56. The van der Waals surface area contributed by atoms with Gasteiger partial charge in [-0.15, -0.1) is 0 Å². The Labute approximate surface area is 99.8 Å². The first kappa shape index (κ1) is 11.5. The molecule has 0 radical (unpaired) electrons. The van der Waals surface area contributed by atoms with E-state index in [1.165, 1.54) is 6.07 Å². The van der Waals surface area contributed by atoms with Crippen molar-refractivity contribution in [3.63, 3.8) is 0 Å². The molecule has 3 heteroatoms. The lowest BCUT2D eigenvalue weighted by Gasteiger charge is -2.10. The summed E-state index contributed by atoms with van der Waals surface area (Å²) in [6, 6.07) is 10.5. The molecule has 0 aliphatic rings. The van der Waals surface area contributed by atoms with Crippen LogP contribution in [0.4, 0.5) is 10.1 Å². The van der Waals surface area contributed by atoms with Crippen molar-refractivity contribution in [2.24, 2.45) is 0 Å². The molecule has 2 N–H and O–H groups in total. The van der Waals surface area contributed by atoms with Gasteiger partial charge in [0, 0.05) is 6.07 Å². The summed E-state index contributed by atoms with van der Waals surface area (Å²) in [6.07, 6.45) is 0. The van der Waals surface area contributed by atoms with Crippen LogP contribution in [0.25, 0.3) is 0 Å². The molecule has 0 unspecified atom stereocenters. The van der Waals surface area contributed by atoms with E-state index in [-0.39, 0.29) is 5.82 Å². The molecule has 0 aliphatic heterocycles. The van der Waals surface area contributed by atoms with E-state index in [0.717, 1.165) is 5.56 Å². The summed E-state index contributed by atoms with van der Waals surface area (Å²) < 4.78 is 18.9. The fraction of sp³-hybridized carbons (Fsp3) is 0.143. The van der Waals surface area contributed by atoms with Crippen molar-refractivity contribution >= 4 is 5.69 Å². The standard InChI is InChI=1S/C14H14FNO/c1-9-4-3-5-11(6-9)17-14-7-10(2)12(15)8-13(14)16/h3-8H,16H2,1-2H3. The van der Waals surface area contributed by atoms with Gasteiger partial charge in [-0.1, -0.05) is 12.1 Å². The summed E-state index contributed by atoms with van der Waals surface area (Å²) in [6.45, 7) is 3.66. The summed E-state index contributed by atoms with van der Waals surface area (Å²) in [5, 5.41) is 0. The molecule has 88 valence electrons. The third kappa shape index (κ3) is 2.56. The van der Waals surface area contributed by atoms with Crippen LogP contribution in [0, 0.1) is 19.7 Å². The molecule has 0 aliphatic carbocycles. The van der Waals surface area contributed by atoms with E-state index in [1.54, 1.807) is 13.0 Å². The van der Waals surface area contributed by atoms with Crippen molar-refractivity contribution in [1.29, 1.82) is 0 Å². The van der Waals surface area contributed by atoms with Gasteiger partial charge in [0.15, 0.2) is 5.75 Å². The van der Waals surface area contributed by atoms with Gasteiger partial charge in [0.25, 0.3) is 0 Å². The van der Waals surface area contributed by atoms with E-state index in [1.807, 2.05) is 31.2 Å². The quantitative estimate of drug-likeness (QED) is 0.797. The van der Waals surface area contributed by atoms with Gasteiger partial charge in [0.1, 0.15) is 11.6 Å². The number of aryl methyl sites for hydroxylation is 2. The van der Waals surface area contributed by atoms with Crippen LogP contribution < -0.4 is 10.5 Å². The van der Waals surface area contributed by atoms with Crippen molar-refractivity contribution in [3.8, 4) is 11.5 Å². The lowest BCUT2D eigenvalue weighted by molar-refractivity contribution is 0.482. The van der Waals surface area contributed by atoms with Gasteiger partial charge in [-0.05, 0) is 43.2 Å². The lowest BCUT2D eigenvalue weighted by Crippen LogP contribution is -1.95. The number of anilines is 1. The third-order valence-corrected chi connectivity index (χ3v) is 2.51. The van der Waals surface area contributed by atoms with E-state index in [0.29, 0.717) is 22.7 Å². The number of halogens is 1. The molecule has 0 spiro atoms. The molecule has 2 rings (SSSR count). The molecule has 0 heterocycles. The smallest absolute Gasteiger partial charge is 0.150 e. The Morgan fingerprint density at radius 2 is 1.88 bits per heavy atom. The summed E-state index contributed by atoms with van der Waals surface area (Å²) in [4.78, 5) is 0. The zero-order chi connectivity index (χ0) is 12.4. The second-order valence-corrected chi connectivity index (χ2v) is 4.06. The monoisotopic (exact) mass is 231 g/mol. The zero-order valence-electron chi connectivity index (χ0n) is 9.83. The highest BCUT2D eigenvalue weighted by atomic mass is 19.1. The molecule has 2 nitrogen and oxygen atoms in total. The van der Waals surface area contributed by atoms with Crippen LogP contribution in [-0.2, 0) is 0 Å². The molecule has 0 fully saturated rings. The van der Waals surface area contributed by atoms with Crippen LogP contribution in [0.1, 0.15) is 11.1 Å². The molecule has 17 heavy (non-hydrogen) atoms. The van der Waals surface area contributed by atoms with Crippen molar-refractivity contribution in [1.82, 2.24) is 0 Å². The Hall–Kier alpha value is -2.03. The predicted octanol–water partition coefficient (Wildman–Crippen LogP) is 3.82. The average molecular weight is 231 g/mol. The molecule has 0 saturated heterocycles. The summed E-state index contributed by atoms with van der Waals surface area (Å²) in [5.41, 5.74) is 7.62. The predicted molar refractivity (Wildman–Crippen MR) is 66.8 cm³/mol. The molecular weight excluding hydrogens is 217 g/mol. The minimum absolute atomic E-state index is 0.301.